The van der Waals surface area contributed by atoms with Gasteiger partial charge in [-0.1, -0.05) is 43.7 Å². The Morgan fingerprint density at radius 2 is 2.20 bits per heavy atom. The van der Waals surface area contributed by atoms with Crippen LogP contribution in [0.25, 0.3) is 0 Å². The molecule has 20 heavy (non-hydrogen) atoms. The summed E-state index contributed by atoms with van der Waals surface area (Å²) in [5.41, 5.74) is 3.56. The molecular weight excluding hydrogens is 256 g/mol. The van der Waals surface area contributed by atoms with E-state index in [9.17, 15) is 4.79 Å². The predicted molar refractivity (Wildman–Crippen MR) is 77.6 cm³/mol. The van der Waals surface area contributed by atoms with Gasteiger partial charge in [-0.05, 0) is 6.42 Å². The maximum absolute atomic E-state index is 11.7. The Kier molecular flexibility index (Phi) is 5.11. The molecule has 1 heterocycles. The van der Waals surface area contributed by atoms with Crippen LogP contribution in [0.5, 0.6) is 0 Å². The first-order chi connectivity index (χ1) is 9.81. The van der Waals surface area contributed by atoms with Gasteiger partial charge in [0.2, 0.25) is 0 Å². The lowest BCUT2D eigenvalue weighted by Crippen LogP contribution is -2.48. The highest BCUT2D eigenvalue weighted by Gasteiger charge is 2.18. The molecule has 106 valence electrons. The smallest absolute Gasteiger partial charge is 0.426 e. The van der Waals surface area contributed by atoms with E-state index in [0.29, 0.717) is 19.1 Å². The van der Waals surface area contributed by atoms with Crippen molar-refractivity contribution >= 4 is 18.3 Å². The first-order valence-electron chi connectivity index (χ1n) is 6.63. The zero-order chi connectivity index (χ0) is 14.2. The molecule has 0 aromatic heterocycles. The van der Waals surface area contributed by atoms with Gasteiger partial charge in [-0.2, -0.15) is 0 Å². The molecule has 1 amide bonds. The highest BCUT2D eigenvalue weighted by molar-refractivity contribution is 6.03. The summed E-state index contributed by atoms with van der Waals surface area (Å²) in [5.74, 6) is 0.646. The fourth-order valence-electron chi connectivity index (χ4n) is 1.71. The van der Waals surface area contributed by atoms with E-state index in [1.165, 1.54) is 6.34 Å². The minimum Gasteiger partial charge on any atom is -0.448 e. The number of carbonyl (C=O) groups excluding carboxylic acids is 1. The van der Waals surface area contributed by atoms with E-state index in [1.54, 1.807) is 5.01 Å². The van der Waals surface area contributed by atoms with Crippen molar-refractivity contribution in [3.63, 3.8) is 0 Å². The Labute approximate surface area is 118 Å². The standard InChI is InChI=1S/C14H18N4O2/c1-2-3-9-20-14(19)17-18-11-15-10-16-13(18)12-7-5-4-6-8-12/h4-8,10H,2-3,9,11H2,1H3,(H,17,19). The van der Waals surface area contributed by atoms with Crippen molar-refractivity contribution in [2.24, 2.45) is 9.98 Å². The number of carbonyl (C=O) groups is 1. The second kappa shape index (κ2) is 7.28. The van der Waals surface area contributed by atoms with Crippen LogP contribution in [0.15, 0.2) is 40.3 Å². The maximum atomic E-state index is 11.7. The number of rotatable bonds is 5. The molecule has 0 aliphatic carbocycles. The van der Waals surface area contributed by atoms with E-state index >= 15 is 0 Å². The molecule has 0 radical (unpaired) electrons. The van der Waals surface area contributed by atoms with E-state index < -0.39 is 6.09 Å². The Morgan fingerprint density at radius 1 is 1.40 bits per heavy atom. The largest absolute Gasteiger partial charge is 0.448 e. The second-order valence-corrected chi connectivity index (χ2v) is 4.29. The molecule has 1 N–H and O–H groups in total. The van der Waals surface area contributed by atoms with Gasteiger partial charge >= 0.3 is 6.09 Å². The number of hydrazine groups is 1. The van der Waals surface area contributed by atoms with Crippen LogP contribution in [0, 0.1) is 0 Å². The first-order valence-corrected chi connectivity index (χ1v) is 6.63. The number of aliphatic imine (C=N–C) groups is 2. The lowest BCUT2D eigenvalue weighted by molar-refractivity contribution is 0.124. The van der Waals surface area contributed by atoms with Crippen LogP contribution in [-0.2, 0) is 4.74 Å². The monoisotopic (exact) mass is 274 g/mol. The summed E-state index contributed by atoms with van der Waals surface area (Å²) in [4.78, 5) is 19.9. The molecule has 0 bridgehead atoms. The maximum Gasteiger partial charge on any atom is 0.426 e. The molecule has 0 atom stereocenters. The summed E-state index contributed by atoms with van der Waals surface area (Å²) >= 11 is 0. The molecule has 0 fully saturated rings. The molecule has 6 heteroatoms. The number of hydrogen-bond acceptors (Lipinski definition) is 5. The highest BCUT2D eigenvalue weighted by atomic mass is 16.6. The van der Waals surface area contributed by atoms with Crippen molar-refractivity contribution in [3.05, 3.63) is 35.9 Å². The van der Waals surface area contributed by atoms with Crippen LogP contribution in [0.2, 0.25) is 0 Å². The summed E-state index contributed by atoms with van der Waals surface area (Å²) in [5, 5.41) is 1.57. The molecule has 0 spiro atoms. The molecule has 1 aromatic rings. The Balaban J connectivity index is 1.98. The van der Waals surface area contributed by atoms with Gasteiger partial charge in [0.15, 0.2) is 5.84 Å². The number of nitrogens with one attached hydrogen (secondary N) is 1. The summed E-state index contributed by atoms with van der Waals surface area (Å²) < 4.78 is 5.07. The van der Waals surface area contributed by atoms with E-state index in [-0.39, 0.29) is 0 Å². The average molecular weight is 274 g/mol. The molecule has 0 unspecified atom stereocenters. The average Bonchev–Trinajstić information content (AvgIpc) is 2.49. The van der Waals surface area contributed by atoms with Crippen LogP contribution in [0.1, 0.15) is 25.3 Å². The normalized spacial score (nSPS) is 13.8. The Bertz CT molecular complexity index is 499. The van der Waals surface area contributed by atoms with Crippen LogP contribution < -0.4 is 5.43 Å². The predicted octanol–water partition coefficient (Wildman–Crippen LogP) is 2.18. The zero-order valence-corrected chi connectivity index (χ0v) is 11.5. The molecule has 0 saturated heterocycles. The number of ether oxygens (including phenoxy) is 1. The number of amides is 1. The van der Waals surface area contributed by atoms with Crippen molar-refractivity contribution in [1.82, 2.24) is 10.4 Å². The first kappa shape index (κ1) is 14.0. The van der Waals surface area contributed by atoms with Crippen molar-refractivity contribution in [3.8, 4) is 0 Å². The highest BCUT2D eigenvalue weighted by Crippen LogP contribution is 2.07. The summed E-state index contributed by atoms with van der Waals surface area (Å²) in [6.07, 6.45) is 2.84. The molecule has 2 rings (SSSR count). The fourth-order valence-corrected chi connectivity index (χ4v) is 1.71. The van der Waals surface area contributed by atoms with Gasteiger partial charge in [0, 0.05) is 5.56 Å². The van der Waals surface area contributed by atoms with Crippen molar-refractivity contribution in [1.29, 1.82) is 0 Å². The summed E-state index contributed by atoms with van der Waals surface area (Å²) in [7, 11) is 0. The third-order valence-electron chi connectivity index (χ3n) is 2.73. The zero-order valence-electron chi connectivity index (χ0n) is 11.5. The van der Waals surface area contributed by atoms with Gasteiger partial charge in [-0.25, -0.2) is 25.2 Å². The van der Waals surface area contributed by atoms with Crippen LogP contribution in [-0.4, -0.2) is 36.6 Å². The number of nitrogens with zero attached hydrogens (tertiary/aromatic N) is 3. The van der Waals surface area contributed by atoms with E-state index in [2.05, 4.69) is 15.4 Å². The molecule has 1 aromatic carbocycles. The summed E-state index contributed by atoms with van der Waals surface area (Å²) in [6.45, 7) is 2.77. The van der Waals surface area contributed by atoms with Crippen molar-refractivity contribution in [2.75, 3.05) is 13.3 Å². The van der Waals surface area contributed by atoms with Crippen LogP contribution in [0.3, 0.4) is 0 Å². The second-order valence-electron chi connectivity index (χ2n) is 4.29. The number of benzene rings is 1. The Hall–Kier alpha value is -2.37. The topological polar surface area (TPSA) is 66.3 Å². The molecular formula is C14H18N4O2. The molecule has 6 nitrogen and oxygen atoms in total. The molecule has 1 aliphatic rings. The van der Waals surface area contributed by atoms with Crippen LogP contribution in [0.4, 0.5) is 4.79 Å². The molecule has 0 saturated carbocycles. The van der Waals surface area contributed by atoms with Gasteiger partial charge in [0.05, 0.1) is 6.61 Å². The van der Waals surface area contributed by atoms with E-state index in [4.69, 9.17) is 4.74 Å². The van der Waals surface area contributed by atoms with Crippen LogP contribution >= 0.6 is 0 Å². The lowest BCUT2D eigenvalue weighted by Gasteiger charge is -2.25. The number of hydrogen-bond donors (Lipinski definition) is 1. The Morgan fingerprint density at radius 3 is 2.95 bits per heavy atom. The van der Waals surface area contributed by atoms with E-state index in [0.717, 1.165) is 18.4 Å². The summed E-state index contributed by atoms with van der Waals surface area (Å²) in [6, 6.07) is 9.62. The van der Waals surface area contributed by atoms with Gasteiger partial charge in [0.25, 0.3) is 0 Å². The minimum absolute atomic E-state index is 0.316. The van der Waals surface area contributed by atoms with Gasteiger partial charge in [-0.3, -0.25) is 0 Å². The van der Waals surface area contributed by atoms with Crippen molar-refractivity contribution in [2.45, 2.75) is 19.8 Å². The third kappa shape index (κ3) is 3.81. The molecule has 1 aliphatic heterocycles. The minimum atomic E-state index is -0.487. The number of unbranched alkanes of at least 4 members (excludes halogenated alkanes) is 1. The van der Waals surface area contributed by atoms with Gasteiger partial charge in [-0.15, -0.1) is 0 Å². The fraction of sp³-hybridized carbons (Fsp3) is 0.357. The van der Waals surface area contributed by atoms with Crippen molar-refractivity contribution < 1.29 is 9.53 Å². The lowest BCUT2D eigenvalue weighted by atomic mass is 10.2. The van der Waals surface area contributed by atoms with E-state index in [1.807, 2.05) is 37.3 Å². The van der Waals surface area contributed by atoms with Gasteiger partial charge < -0.3 is 4.74 Å². The number of amidine groups is 1. The quantitative estimate of drug-likeness (QED) is 0.837. The third-order valence-corrected chi connectivity index (χ3v) is 2.73. The SMILES string of the molecule is CCCCOC(=O)NN1CN=CN=C1c1ccccc1. The van der Waals surface area contributed by atoms with Gasteiger partial charge in [0.1, 0.15) is 13.0 Å².